The number of hydrogen-bond donors (Lipinski definition) is 2. The zero-order chi connectivity index (χ0) is 16.1. The Balaban J connectivity index is 1.49. The van der Waals surface area contributed by atoms with E-state index in [0.29, 0.717) is 13.2 Å². The first-order chi connectivity index (χ1) is 11.2. The molecule has 1 aliphatic rings. The Morgan fingerprint density at radius 3 is 3.00 bits per heavy atom. The van der Waals surface area contributed by atoms with Gasteiger partial charge in [0.05, 0.1) is 19.2 Å². The van der Waals surface area contributed by atoms with Crippen LogP contribution in [0.4, 0.5) is 10.5 Å². The number of nitrogens with one attached hydrogen (secondary N) is 2. The predicted molar refractivity (Wildman–Crippen MR) is 86.5 cm³/mol. The van der Waals surface area contributed by atoms with Crippen LogP contribution in [0.5, 0.6) is 5.75 Å². The summed E-state index contributed by atoms with van der Waals surface area (Å²) in [4.78, 5) is 16.3. The molecule has 0 spiro atoms. The van der Waals surface area contributed by atoms with E-state index in [9.17, 15) is 4.79 Å². The van der Waals surface area contributed by atoms with Gasteiger partial charge in [-0.3, -0.25) is 0 Å². The molecule has 0 aliphatic carbocycles. The van der Waals surface area contributed by atoms with Crippen molar-refractivity contribution in [1.29, 1.82) is 0 Å². The quantitative estimate of drug-likeness (QED) is 0.886. The fourth-order valence-corrected chi connectivity index (χ4v) is 2.56. The van der Waals surface area contributed by atoms with Crippen molar-refractivity contribution in [2.75, 3.05) is 11.9 Å². The molecule has 7 heteroatoms. The SMILES string of the molecule is CCCOc1ccc(NC(=O)N[C@@H]2CCc3ncnn3C2)cc1. The van der Waals surface area contributed by atoms with Crippen LogP contribution in [0.15, 0.2) is 30.6 Å². The third-order valence-corrected chi connectivity index (χ3v) is 3.73. The lowest BCUT2D eigenvalue weighted by Crippen LogP contribution is -2.43. The van der Waals surface area contributed by atoms with Gasteiger partial charge in [0.25, 0.3) is 0 Å². The summed E-state index contributed by atoms with van der Waals surface area (Å²) in [5, 5.41) is 9.97. The lowest BCUT2D eigenvalue weighted by molar-refractivity contribution is 0.243. The van der Waals surface area contributed by atoms with Crippen molar-refractivity contribution in [3.05, 3.63) is 36.4 Å². The van der Waals surface area contributed by atoms with Gasteiger partial charge >= 0.3 is 6.03 Å². The minimum Gasteiger partial charge on any atom is -0.494 e. The number of rotatable bonds is 5. The molecule has 1 aliphatic heterocycles. The normalized spacial score (nSPS) is 16.5. The monoisotopic (exact) mass is 315 g/mol. The highest BCUT2D eigenvalue weighted by Gasteiger charge is 2.21. The van der Waals surface area contributed by atoms with E-state index in [1.54, 1.807) is 6.33 Å². The van der Waals surface area contributed by atoms with Gasteiger partial charge in [-0.1, -0.05) is 6.92 Å². The van der Waals surface area contributed by atoms with Crippen molar-refractivity contribution < 1.29 is 9.53 Å². The predicted octanol–water partition coefficient (Wildman–Crippen LogP) is 2.20. The Labute approximate surface area is 135 Å². The molecule has 1 aromatic carbocycles. The van der Waals surface area contributed by atoms with Crippen molar-refractivity contribution in [3.8, 4) is 5.75 Å². The summed E-state index contributed by atoms with van der Waals surface area (Å²) < 4.78 is 7.36. The van der Waals surface area contributed by atoms with Gasteiger partial charge in [-0.15, -0.1) is 0 Å². The number of carbonyl (C=O) groups is 1. The molecule has 0 saturated heterocycles. The van der Waals surface area contributed by atoms with Crippen LogP contribution >= 0.6 is 0 Å². The average molecular weight is 315 g/mol. The number of aromatic nitrogens is 3. The Morgan fingerprint density at radius 1 is 1.39 bits per heavy atom. The lowest BCUT2D eigenvalue weighted by atomic mass is 10.1. The van der Waals surface area contributed by atoms with Crippen LogP contribution in [-0.2, 0) is 13.0 Å². The topological polar surface area (TPSA) is 81.1 Å². The molecular formula is C16H21N5O2. The molecule has 122 valence electrons. The van der Waals surface area contributed by atoms with Gasteiger partial charge in [0.2, 0.25) is 0 Å². The summed E-state index contributed by atoms with van der Waals surface area (Å²) in [6, 6.07) is 7.24. The Morgan fingerprint density at radius 2 is 2.22 bits per heavy atom. The van der Waals surface area contributed by atoms with Gasteiger partial charge in [0, 0.05) is 12.1 Å². The second-order valence-electron chi connectivity index (χ2n) is 5.57. The smallest absolute Gasteiger partial charge is 0.319 e. The van der Waals surface area contributed by atoms with E-state index in [2.05, 4.69) is 27.6 Å². The molecule has 0 unspecified atom stereocenters. The van der Waals surface area contributed by atoms with Crippen LogP contribution in [0.3, 0.4) is 0 Å². The zero-order valence-corrected chi connectivity index (χ0v) is 13.2. The fourth-order valence-electron chi connectivity index (χ4n) is 2.56. The lowest BCUT2D eigenvalue weighted by Gasteiger charge is -2.23. The number of ether oxygens (including phenoxy) is 1. The molecule has 0 fully saturated rings. The highest BCUT2D eigenvalue weighted by molar-refractivity contribution is 5.89. The van der Waals surface area contributed by atoms with E-state index in [0.717, 1.165) is 36.5 Å². The van der Waals surface area contributed by atoms with Gasteiger partial charge in [-0.25, -0.2) is 14.5 Å². The van der Waals surface area contributed by atoms with E-state index in [-0.39, 0.29) is 12.1 Å². The molecule has 23 heavy (non-hydrogen) atoms. The number of carbonyl (C=O) groups excluding carboxylic acids is 1. The van der Waals surface area contributed by atoms with E-state index in [1.807, 2.05) is 28.9 Å². The van der Waals surface area contributed by atoms with Crippen LogP contribution in [-0.4, -0.2) is 33.4 Å². The molecule has 3 rings (SSSR count). The van der Waals surface area contributed by atoms with E-state index < -0.39 is 0 Å². The number of amides is 2. The molecule has 2 N–H and O–H groups in total. The van der Waals surface area contributed by atoms with Crippen molar-refractivity contribution in [3.63, 3.8) is 0 Å². The third kappa shape index (κ3) is 4.00. The summed E-state index contributed by atoms with van der Waals surface area (Å²) in [7, 11) is 0. The molecule has 2 amide bonds. The van der Waals surface area contributed by atoms with Gasteiger partial charge in [-0.2, -0.15) is 5.10 Å². The minimum absolute atomic E-state index is 0.0661. The molecule has 1 aromatic heterocycles. The Bertz CT molecular complexity index is 653. The summed E-state index contributed by atoms with van der Waals surface area (Å²) in [5.41, 5.74) is 0.739. The number of hydrogen-bond acceptors (Lipinski definition) is 4. The Hall–Kier alpha value is -2.57. The number of benzene rings is 1. The standard InChI is InChI=1S/C16H21N5O2/c1-2-9-23-14-6-3-12(4-7-14)19-16(22)20-13-5-8-15-17-11-18-21(15)10-13/h3-4,6-7,11,13H,2,5,8-10H2,1H3,(H2,19,20,22)/t13-/m1/s1. The molecule has 0 saturated carbocycles. The maximum absolute atomic E-state index is 12.1. The molecule has 0 radical (unpaired) electrons. The molecule has 7 nitrogen and oxygen atoms in total. The average Bonchev–Trinajstić information content (AvgIpc) is 3.02. The molecule has 2 heterocycles. The van der Waals surface area contributed by atoms with Gasteiger partial charge in [-0.05, 0) is 37.1 Å². The first-order valence-corrected chi connectivity index (χ1v) is 7.91. The number of fused-ring (bicyclic) bond motifs is 1. The van der Waals surface area contributed by atoms with Crippen LogP contribution < -0.4 is 15.4 Å². The minimum atomic E-state index is -0.208. The summed E-state index contributed by atoms with van der Waals surface area (Å²) >= 11 is 0. The van der Waals surface area contributed by atoms with Crippen molar-refractivity contribution in [1.82, 2.24) is 20.1 Å². The first kappa shape index (κ1) is 15.3. The zero-order valence-electron chi connectivity index (χ0n) is 13.2. The van der Waals surface area contributed by atoms with E-state index in [1.165, 1.54) is 0 Å². The summed E-state index contributed by atoms with van der Waals surface area (Å²) in [6.45, 7) is 3.42. The van der Waals surface area contributed by atoms with Gasteiger partial charge in [0.1, 0.15) is 17.9 Å². The first-order valence-electron chi connectivity index (χ1n) is 7.91. The Kier molecular flexibility index (Phi) is 4.75. The number of aryl methyl sites for hydroxylation is 1. The summed E-state index contributed by atoms with van der Waals surface area (Å²) in [6.07, 6.45) is 4.22. The third-order valence-electron chi connectivity index (χ3n) is 3.73. The van der Waals surface area contributed by atoms with Crippen molar-refractivity contribution >= 4 is 11.7 Å². The highest BCUT2D eigenvalue weighted by Crippen LogP contribution is 2.16. The van der Waals surface area contributed by atoms with Crippen LogP contribution in [0, 0.1) is 0 Å². The van der Waals surface area contributed by atoms with Crippen LogP contribution in [0.2, 0.25) is 0 Å². The van der Waals surface area contributed by atoms with Gasteiger partial charge < -0.3 is 15.4 Å². The molecule has 1 atom stereocenters. The number of anilines is 1. The molecule has 0 bridgehead atoms. The maximum Gasteiger partial charge on any atom is 0.319 e. The largest absolute Gasteiger partial charge is 0.494 e. The van der Waals surface area contributed by atoms with Crippen LogP contribution in [0.1, 0.15) is 25.6 Å². The van der Waals surface area contributed by atoms with E-state index >= 15 is 0 Å². The summed E-state index contributed by atoms with van der Waals surface area (Å²) in [5.74, 6) is 1.79. The number of nitrogens with zero attached hydrogens (tertiary/aromatic N) is 3. The van der Waals surface area contributed by atoms with Crippen LogP contribution in [0.25, 0.3) is 0 Å². The second kappa shape index (κ2) is 7.13. The van der Waals surface area contributed by atoms with Gasteiger partial charge in [0.15, 0.2) is 0 Å². The highest BCUT2D eigenvalue weighted by atomic mass is 16.5. The second-order valence-corrected chi connectivity index (χ2v) is 5.57. The fraction of sp³-hybridized carbons (Fsp3) is 0.438. The molecule has 2 aromatic rings. The van der Waals surface area contributed by atoms with Crippen molar-refractivity contribution in [2.24, 2.45) is 0 Å². The maximum atomic E-state index is 12.1. The molecular weight excluding hydrogens is 294 g/mol. The van der Waals surface area contributed by atoms with E-state index in [4.69, 9.17) is 4.74 Å². The van der Waals surface area contributed by atoms with Crippen molar-refractivity contribution in [2.45, 2.75) is 38.8 Å². The number of urea groups is 1.